The van der Waals surface area contributed by atoms with E-state index in [4.69, 9.17) is 9.47 Å². The normalized spacial score (nSPS) is 22.4. The van der Waals surface area contributed by atoms with Crippen molar-refractivity contribution >= 4 is 17.8 Å². The number of methoxy groups -OCH3 is 1. The maximum Gasteiger partial charge on any atom is 0.338 e. The van der Waals surface area contributed by atoms with Gasteiger partial charge in [0.25, 0.3) is 5.91 Å². The number of aliphatic hydroxyl groups excluding tert-OH is 3. The number of ether oxygens (including phenoxy) is 2. The van der Waals surface area contributed by atoms with E-state index in [1.807, 2.05) is 20.8 Å². The number of allylic oxidation sites excluding steroid dienone is 1. The van der Waals surface area contributed by atoms with Crippen LogP contribution in [0.2, 0.25) is 0 Å². The lowest BCUT2D eigenvalue weighted by molar-refractivity contribution is -0.150. The van der Waals surface area contributed by atoms with Gasteiger partial charge in [0, 0.05) is 7.11 Å². The molecular formula is C25H36N2O8. The number of hydrogen-bond acceptors (Lipinski definition) is 8. The van der Waals surface area contributed by atoms with Gasteiger partial charge in [-0.3, -0.25) is 9.59 Å². The average Bonchev–Trinajstić information content (AvgIpc) is 2.98. The molecule has 1 aromatic rings. The molecule has 1 aliphatic heterocycles. The second-order valence-electron chi connectivity index (χ2n) is 9.63. The number of carbonyl (C=O) groups is 3. The van der Waals surface area contributed by atoms with Crippen molar-refractivity contribution in [3.05, 3.63) is 48.0 Å². The smallest absolute Gasteiger partial charge is 0.338 e. The van der Waals surface area contributed by atoms with Crippen LogP contribution in [-0.2, 0) is 19.1 Å². The third-order valence-corrected chi connectivity index (χ3v) is 5.51. The molecule has 0 spiro atoms. The zero-order chi connectivity index (χ0) is 26.2. The summed E-state index contributed by atoms with van der Waals surface area (Å²) < 4.78 is 10.5. The molecule has 1 saturated heterocycles. The Morgan fingerprint density at radius 1 is 1.11 bits per heavy atom. The zero-order valence-electron chi connectivity index (χ0n) is 20.5. The highest BCUT2D eigenvalue weighted by Gasteiger charge is 2.37. The lowest BCUT2D eigenvalue weighted by Gasteiger charge is -2.28. The van der Waals surface area contributed by atoms with Crippen molar-refractivity contribution < 1.29 is 39.2 Å². The Balaban J connectivity index is 1.96. The van der Waals surface area contributed by atoms with Gasteiger partial charge in [-0.2, -0.15) is 0 Å². The first-order valence-corrected chi connectivity index (χ1v) is 11.5. The van der Waals surface area contributed by atoms with E-state index in [-0.39, 0.29) is 18.4 Å². The fourth-order valence-electron chi connectivity index (χ4n) is 3.49. The van der Waals surface area contributed by atoms with E-state index < -0.39 is 54.3 Å². The van der Waals surface area contributed by atoms with Crippen LogP contribution in [0.25, 0.3) is 0 Å². The standard InChI is InChI=1S/C25H36N2O8/c1-25(2,3)13-12-18(28)19(29)20(30)21(34-4)23(32)27-17-11-10-16(14-26-22(17)31)35-24(33)15-8-6-5-7-9-15/h5-9,12-13,16-21,28-30H,10-11,14H2,1-4H3,(H,26,31)(H,27,32)/b13-12+/t16-,17?,18-,19+,20-,21-/m1/s1. The van der Waals surface area contributed by atoms with Crippen LogP contribution in [-0.4, -0.2) is 83.3 Å². The lowest BCUT2D eigenvalue weighted by Crippen LogP contribution is -2.55. The minimum Gasteiger partial charge on any atom is -0.457 e. The third-order valence-electron chi connectivity index (χ3n) is 5.51. The number of esters is 1. The van der Waals surface area contributed by atoms with Gasteiger partial charge in [-0.05, 0) is 30.4 Å². The predicted octanol–water partition coefficient (Wildman–Crippen LogP) is 0.307. The average molecular weight is 493 g/mol. The second kappa shape index (κ2) is 12.8. The fraction of sp³-hybridized carbons (Fsp3) is 0.560. The Bertz CT molecular complexity index is 883. The summed E-state index contributed by atoms with van der Waals surface area (Å²) in [6.07, 6.45) is -3.51. The summed E-state index contributed by atoms with van der Waals surface area (Å²) in [7, 11) is 1.17. The molecule has 1 aliphatic rings. The molecule has 5 N–H and O–H groups in total. The predicted molar refractivity (Wildman–Crippen MR) is 127 cm³/mol. The van der Waals surface area contributed by atoms with Crippen molar-refractivity contribution in [3.8, 4) is 0 Å². The Kier molecular flexibility index (Phi) is 10.4. The molecule has 1 fully saturated rings. The number of amides is 2. The van der Waals surface area contributed by atoms with Gasteiger partial charge in [0.15, 0.2) is 6.10 Å². The maximum atomic E-state index is 12.8. The van der Waals surface area contributed by atoms with Crippen LogP contribution in [0.15, 0.2) is 42.5 Å². The highest BCUT2D eigenvalue weighted by Crippen LogP contribution is 2.17. The minimum absolute atomic E-state index is 0.0884. The van der Waals surface area contributed by atoms with Crippen molar-refractivity contribution in [2.45, 2.75) is 70.2 Å². The number of hydrogen-bond donors (Lipinski definition) is 5. The van der Waals surface area contributed by atoms with Crippen LogP contribution < -0.4 is 10.6 Å². The summed E-state index contributed by atoms with van der Waals surface area (Å²) >= 11 is 0. The molecule has 0 aromatic heterocycles. The van der Waals surface area contributed by atoms with Crippen LogP contribution in [0.5, 0.6) is 0 Å². The topological polar surface area (TPSA) is 154 Å². The molecule has 0 saturated carbocycles. The van der Waals surface area contributed by atoms with E-state index in [9.17, 15) is 29.7 Å². The lowest BCUT2D eigenvalue weighted by atomic mass is 9.94. The number of rotatable bonds is 9. The summed E-state index contributed by atoms with van der Waals surface area (Å²) in [5.74, 6) is -1.82. The molecule has 194 valence electrons. The van der Waals surface area contributed by atoms with Gasteiger partial charge in [0.2, 0.25) is 5.91 Å². The molecular weight excluding hydrogens is 456 g/mol. The van der Waals surface area contributed by atoms with Gasteiger partial charge in [0.1, 0.15) is 30.5 Å². The number of aliphatic hydroxyl groups is 3. The maximum absolute atomic E-state index is 12.8. The van der Waals surface area contributed by atoms with Gasteiger partial charge >= 0.3 is 5.97 Å². The Labute approximate surface area is 205 Å². The van der Waals surface area contributed by atoms with Crippen LogP contribution >= 0.6 is 0 Å². The highest BCUT2D eigenvalue weighted by molar-refractivity contribution is 5.90. The SMILES string of the molecule is CO[C@@H](C(=O)NC1CC[C@@H](OC(=O)c2ccccc2)CNC1=O)[C@H](O)[C@@H](O)[C@H](O)/C=C/C(C)(C)C. The number of benzene rings is 1. The first-order valence-electron chi connectivity index (χ1n) is 11.5. The monoisotopic (exact) mass is 492 g/mol. The van der Waals surface area contributed by atoms with Crippen LogP contribution in [0.3, 0.4) is 0 Å². The van der Waals surface area contributed by atoms with Crippen LogP contribution in [0.4, 0.5) is 0 Å². The van der Waals surface area contributed by atoms with Gasteiger partial charge in [-0.1, -0.05) is 51.1 Å². The second-order valence-corrected chi connectivity index (χ2v) is 9.63. The van der Waals surface area contributed by atoms with Gasteiger partial charge < -0.3 is 35.4 Å². The molecule has 2 amide bonds. The van der Waals surface area contributed by atoms with Crippen molar-refractivity contribution in [1.82, 2.24) is 10.6 Å². The summed E-state index contributed by atoms with van der Waals surface area (Å²) in [5.41, 5.74) is 0.132. The molecule has 10 nitrogen and oxygen atoms in total. The van der Waals surface area contributed by atoms with Crippen molar-refractivity contribution in [1.29, 1.82) is 0 Å². The molecule has 6 atom stereocenters. The van der Waals surface area contributed by atoms with Gasteiger partial charge in [0.05, 0.1) is 12.1 Å². The largest absolute Gasteiger partial charge is 0.457 e. The minimum atomic E-state index is -1.76. The molecule has 0 aliphatic carbocycles. The fourth-order valence-corrected chi connectivity index (χ4v) is 3.49. The Hall–Kier alpha value is -2.79. The molecule has 2 rings (SSSR count). The quantitative estimate of drug-likeness (QED) is 0.244. The summed E-state index contributed by atoms with van der Waals surface area (Å²) in [4.78, 5) is 37.5. The van der Waals surface area contributed by atoms with E-state index in [1.54, 1.807) is 36.4 Å². The zero-order valence-corrected chi connectivity index (χ0v) is 20.5. The highest BCUT2D eigenvalue weighted by atomic mass is 16.5. The molecule has 35 heavy (non-hydrogen) atoms. The first-order chi connectivity index (χ1) is 16.4. The van der Waals surface area contributed by atoms with Gasteiger partial charge in [-0.15, -0.1) is 0 Å². The molecule has 1 aromatic carbocycles. The summed E-state index contributed by atoms with van der Waals surface area (Å²) in [5, 5.41) is 36.1. The van der Waals surface area contributed by atoms with E-state index in [0.29, 0.717) is 12.0 Å². The van der Waals surface area contributed by atoms with E-state index >= 15 is 0 Å². The molecule has 0 bridgehead atoms. The molecule has 1 heterocycles. The molecule has 10 heteroatoms. The Morgan fingerprint density at radius 3 is 2.37 bits per heavy atom. The third kappa shape index (κ3) is 8.74. The number of nitrogens with one attached hydrogen (secondary N) is 2. The van der Waals surface area contributed by atoms with E-state index in [2.05, 4.69) is 10.6 Å². The Morgan fingerprint density at radius 2 is 1.77 bits per heavy atom. The number of carbonyl (C=O) groups excluding carboxylic acids is 3. The molecule has 1 unspecified atom stereocenters. The van der Waals surface area contributed by atoms with Crippen molar-refractivity contribution in [3.63, 3.8) is 0 Å². The van der Waals surface area contributed by atoms with Crippen LogP contribution in [0.1, 0.15) is 44.0 Å². The summed E-state index contributed by atoms with van der Waals surface area (Å²) in [6, 6.07) is 7.50. The van der Waals surface area contributed by atoms with Gasteiger partial charge in [-0.25, -0.2) is 4.79 Å². The van der Waals surface area contributed by atoms with Crippen molar-refractivity contribution in [2.24, 2.45) is 5.41 Å². The van der Waals surface area contributed by atoms with E-state index in [0.717, 1.165) is 0 Å². The van der Waals surface area contributed by atoms with Crippen LogP contribution in [0, 0.1) is 5.41 Å². The summed E-state index contributed by atoms with van der Waals surface area (Å²) in [6.45, 7) is 5.78. The van der Waals surface area contributed by atoms with Crippen molar-refractivity contribution in [2.75, 3.05) is 13.7 Å². The van der Waals surface area contributed by atoms with E-state index in [1.165, 1.54) is 13.2 Å². The molecule has 0 radical (unpaired) electrons. The first kappa shape index (κ1) is 28.4.